The molecule has 2 aromatic rings. The van der Waals surface area contributed by atoms with Gasteiger partial charge in [0.1, 0.15) is 0 Å². The minimum atomic E-state index is 0.154. The number of hydrogen-bond acceptors (Lipinski definition) is 3. The normalized spacial score (nSPS) is 25.4. The average molecular weight is 379 g/mol. The number of carbonyl (C=O) groups excluding carboxylic acids is 1. The van der Waals surface area contributed by atoms with Crippen molar-refractivity contribution in [2.45, 2.75) is 44.7 Å². The number of benzene rings is 2. The number of rotatable bonds is 3. The first-order valence-electron chi connectivity index (χ1n) is 10.4. The minimum absolute atomic E-state index is 0.154. The second-order valence-corrected chi connectivity index (χ2v) is 8.24. The zero-order chi connectivity index (χ0) is 19.7. The van der Waals surface area contributed by atoms with Crippen LogP contribution in [-0.2, 0) is 4.79 Å². The van der Waals surface area contributed by atoms with Crippen molar-refractivity contribution < 1.29 is 9.90 Å². The number of hydrogen-bond donors (Lipinski definition) is 1. The largest absolute Gasteiger partial charge is 0.395 e. The molecule has 0 saturated carbocycles. The summed E-state index contributed by atoms with van der Waals surface area (Å²) in [5.41, 5.74) is 4.97. The summed E-state index contributed by atoms with van der Waals surface area (Å²) in [5.74, 6) is 0.430. The highest BCUT2D eigenvalue weighted by Crippen LogP contribution is 2.42. The van der Waals surface area contributed by atoms with E-state index in [1.807, 2.05) is 4.90 Å². The molecule has 0 bridgehead atoms. The van der Waals surface area contributed by atoms with Crippen molar-refractivity contribution in [1.29, 1.82) is 0 Å². The lowest BCUT2D eigenvalue weighted by atomic mass is 9.74. The fraction of sp³-hybridized carbons (Fsp3) is 0.458. The van der Waals surface area contributed by atoms with Crippen LogP contribution in [0.25, 0.3) is 11.1 Å². The van der Waals surface area contributed by atoms with E-state index in [0.29, 0.717) is 6.04 Å². The van der Waals surface area contributed by atoms with E-state index < -0.39 is 0 Å². The second-order valence-electron chi connectivity index (χ2n) is 8.24. The number of aliphatic hydroxyl groups is 1. The molecule has 3 atom stereocenters. The van der Waals surface area contributed by atoms with Crippen LogP contribution in [0.2, 0.25) is 0 Å². The number of nitrogens with zero attached hydrogens (tertiary/aromatic N) is 2. The maximum atomic E-state index is 12.0. The summed E-state index contributed by atoms with van der Waals surface area (Å²) >= 11 is 0. The van der Waals surface area contributed by atoms with Gasteiger partial charge in [0.15, 0.2) is 0 Å². The zero-order valence-electron chi connectivity index (χ0n) is 16.8. The molecule has 0 aromatic heterocycles. The summed E-state index contributed by atoms with van der Waals surface area (Å²) in [7, 11) is 0. The van der Waals surface area contributed by atoms with Crippen LogP contribution in [0.5, 0.6) is 0 Å². The van der Waals surface area contributed by atoms with E-state index >= 15 is 0 Å². The van der Waals surface area contributed by atoms with E-state index in [-0.39, 0.29) is 24.5 Å². The summed E-state index contributed by atoms with van der Waals surface area (Å²) < 4.78 is 0. The Morgan fingerprint density at radius 2 is 1.82 bits per heavy atom. The highest BCUT2D eigenvalue weighted by Gasteiger charge is 2.49. The van der Waals surface area contributed by atoms with Gasteiger partial charge in [0, 0.05) is 38.0 Å². The maximum absolute atomic E-state index is 12.0. The first-order valence-corrected chi connectivity index (χ1v) is 10.4. The van der Waals surface area contributed by atoms with Gasteiger partial charge < -0.3 is 10.0 Å². The molecule has 0 spiro atoms. The Morgan fingerprint density at radius 1 is 1.07 bits per heavy atom. The zero-order valence-corrected chi connectivity index (χ0v) is 16.8. The Morgan fingerprint density at radius 3 is 2.50 bits per heavy atom. The van der Waals surface area contributed by atoms with Crippen molar-refractivity contribution >= 4 is 5.91 Å². The molecule has 4 heteroatoms. The van der Waals surface area contributed by atoms with E-state index in [0.717, 1.165) is 32.5 Å². The lowest BCUT2D eigenvalue weighted by Crippen LogP contribution is -2.67. The first kappa shape index (κ1) is 19.2. The van der Waals surface area contributed by atoms with Crippen LogP contribution in [0.1, 0.15) is 36.8 Å². The lowest BCUT2D eigenvalue weighted by Gasteiger charge is -2.57. The van der Waals surface area contributed by atoms with E-state index in [1.165, 1.54) is 22.3 Å². The van der Waals surface area contributed by atoms with Gasteiger partial charge in [-0.1, -0.05) is 54.1 Å². The predicted octanol–water partition coefficient (Wildman–Crippen LogP) is 3.43. The first-order chi connectivity index (χ1) is 13.6. The molecule has 0 unspecified atom stereocenters. The number of carbonyl (C=O) groups is 1. The molecule has 4 nitrogen and oxygen atoms in total. The third-order valence-electron chi connectivity index (χ3n) is 6.46. The SMILES string of the molecule is CC(=O)N1CCCCN2[C@H](C1)[C@H](c1ccc(-c3cccc(C)c3)cc1)[C@@H]2CO. The van der Waals surface area contributed by atoms with Crippen LogP contribution in [-0.4, -0.2) is 59.1 Å². The molecule has 2 fully saturated rings. The van der Waals surface area contributed by atoms with E-state index in [4.69, 9.17) is 0 Å². The topological polar surface area (TPSA) is 43.8 Å². The molecule has 2 heterocycles. The van der Waals surface area contributed by atoms with Crippen LogP contribution in [0.3, 0.4) is 0 Å². The van der Waals surface area contributed by atoms with Gasteiger partial charge in [-0.3, -0.25) is 9.69 Å². The smallest absolute Gasteiger partial charge is 0.219 e. The number of fused-ring (bicyclic) bond motifs is 1. The van der Waals surface area contributed by atoms with Crippen molar-refractivity contribution in [2.24, 2.45) is 0 Å². The molecule has 1 N–H and O–H groups in total. The summed E-state index contributed by atoms with van der Waals surface area (Å²) in [4.78, 5) is 16.4. The third-order valence-corrected chi connectivity index (χ3v) is 6.46. The van der Waals surface area contributed by atoms with Crippen LogP contribution in [0.4, 0.5) is 0 Å². The fourth-order valence-electron chi connectivity index (χ4n) is 4.95. The molecule has 4 rings (SSSR count). The summed E-state index contributed by atoms with van der Waals surface area (Å²) in [6.45, 7) is 6.57. The molecular formula is C24H30N2O2. The van der Waals surface area contributed by atoms with Gasteiger partial charge in [0.05, 0.1) is 6.61 Å². The van der Waals surface area contributed by atoms with Gasteiger partial charge in [0.25, 0.3) is 0 Å². The maximum Gasteiger partial charge on any atom is 0.219 e. The van der Waals surface area contributed by atoms with Gasteiger partial charge in [-0.25, -0.2) is 0 Å². The van der Waals surface area contributed by atoms with Gasteiger partial charge >= 0.3 is 0 Å². The van der Waals surface area contributed by atoms with Crippen molar-refractivity contribution in [3.05, 3.63) is 59.7 Å². The fourth-order valence-corrected chi connectivity index (χ4v) is 4.95. The summed E-state index contributed by atoms with van der Waals surface area (Å²) in [5, 5.41) is 10.0. The van der Waals surface area contributed by atoms with Gasteiger partial charge in [-0.15, -0.1) is 0 Å². The van der Waals surface area contributed by atoms with Crippen LogP contribution >= 0.6 is 0 Å². The van der Waals surface area contributed by atoms with Gasteiger partial charge in [-0.05, 0) is 43.0 Å². The van der Waals surface area contributed by atoms with Crippen molar-refractivity contribution in [1.82, 2.24) is 9.80 Å². The Bertz CT molecular complexity index is 833. The molecule has 2 aliphatic rings. The molecule has 0 radical (unpaired) electrons. The number of aliphatic hydroxyl groups excluding tert-OH is 1. The molecule has 148 valence electrons. The van der Waals surface area contributed by atoms with E-state index in [9.17, 15) is 9.90 Å². The van der Waals surface area contributed by atoms with Crippen molar-refractivity contribution in [2.75, 3.05) is 26.2 Å². The predicted molar refractivity (Wildman–Crippen MR) is 112 cm³/mol. The molecule has 2 aromatic carbocycles. The highest BCUT2D eigenvalue weighted by molar-refractivity contribution is 5.73. The second kappa shape index (κ2) is 8.06. The van der Waals surface area contributed by atoms with E-state index in [2.05, 4.69) is 60.4 Å². The molecule has 28 heavy (non-hydrogen) atoms. The standard InChI is InChI=1S/C24H30N2O2/c1-17-6-5-7-21(14-17)19-8-10-20(11-9-19)24-22-15-25(18(2)28)12-3-4-13-26(22)23(24)16-27/h5-11,14,22-24,27H,3-4,12-13,15-16H2,1-2H3/t22-,23+,24+/m1/s1. The molecule has 1 amide bonds. The third kappa shape index (κ3) is 3.59. The lowest BCUT2D eigenvalue weighted by molar-refractivity contribution is -0.134. The van der Waals surface area contributed by atoms with Gasteiger partial charge in [-0.2, -0.15) is 0 Å². The highest BCUT2D eigenvalue weighted by atomic mass is 16.3. The number of amides is 1. The van der Waals surface area contributed by atoms with Crippen LogP contribution < -0.4 is 0 Å². The van der Waals surface area contributed by atoms with Gasteiger partial charge in [0.2, 0.25) is 5.91 Å². The Hall–Kier alpha value is -2.17. The summed E-state index contributed by atoms with van der Waals surface area (Å²) in [6, 6.07) is 17.8. The Balaban J connectivity index is 1.58. The van der Waals surface area contributed by atoms with Crippen molar-refractivity contribution in [3.63, 3.8) is 0 Å². The quantitative estimate of drug-likeness (QED) is 0.890. The minimum Gasteiger partial charge on any atom is -0.395 e. The van der Waals surface area contributed by atoms with Crippen LogP contribution in [0.15, 0.2) is 48.5 Å². The Labute approximate surface area is 167 Å². The summed E-state index contributed by atoms with van der Waals surface area (Å²) in [6.07, 6.45) is 2.12. The monoisotopic (exact) mass is 378 g/mol. The van der Waals surface area contributed by atoms with Crippen LogP contribution in [0, 0.1) is 6.92 Å². The Kier molecular flexibility index (Phi) is 5.51. The molecule has 2 aliphatic heterocycles. The average Bonchev–Trinajstić information content (AvgIpc) is 2.67. The molecule has 0 aliphatic carbocycles. The molecule has 2 saturated heterocycles. The number of aryl methyl sites for hydroxylation is 1. The van der Waals surface area contributed by atoms with E-state index in [1.54, 1.807) is 6.92 Å². The molecular weight excluding hydrogens is 348 g/mol. The van der Waals surface area contributed by atoms with Crippen molar-refractivity contribution in [3.8, 4) is 11.1 Å².